The van der Waals surface area contributed by atoms with Crippen LogP contribution < -0.4 is 5.32 Å². The number of hydrogen-bond acceptors (Lipinski definition) is 7. The molecule has 0 aliphatic carbocycles. The lowest BCUT2D eigenvalue weighted by Crippen LogP contribution is -2.13. The Morgan fingerprint density at radius 3 is 2.76 bits per heavy atom. The van der Waals surface area contributed by atoms with Crippen molar-refractivity contribution >= 4 is 5.82 Å². The van der Waals surface area contributed by atoms with E-state index < -0.39 is 0 Å². The first kappa shape index (κ1) is 17.1. The summed E-state index contributed by atoms with van der Waals surface area (Å²) in [4.78, 5) is 8.85. The second-order valence-corrected chi connectivity index (χ2v) is 6.39. The zero-order valence-corrected chi connectivity index (χ0v) is 15.0. The first-order chi connectivity index (χ1) is 12.1. The van der Waals surface area contributed by atoms with Gasteiger partial charge in [0.15, 0.2) is 11.6 Å². The zero-order chi connectivity index (χ0) is 17.8. The van der Waals surface area contributed by atoms with Gasteiger partial charge < -0.3 is 14.4 Å². The van der Waals surface area contributed by atoms with E-state index in [1.165, 1.54) is 0 Å². The van der Waals surface area contributed by atoms with Crippen molar-refractivity contribution in [2.24, 2.45) is 5.92 Å². The van der Waals surface area contributed by atoms with E-state index in [2.05, 4.69) is 51.4 Å². The number of pyridine rings is 1. The summed E-state index contributed by atoms with van der Waals surface area (Å²) >= 11 is 0. The molecule has 0 fully saturated rings. The smallest absolute Gasteiger partial charge is 0.259 e. The summed E-state index contributed by atoms with van der Waals surface area (Å²) in [6, 6.07) is 3.81. The lowest BCUT2D eigenvalue weighted by Gasteiger charge is -2.14. The van der Waals surface area contributed by atoms with E-state index in [4.69, 9.17) is 4.52 Å². The highest BCUT2D eigenvalue weighted by atomic mass is 16.5. The summed E-state index contributed by atoms with van der Waals surface area (Å²) < 4.78 is 7.32. The maximum Gasteiger partial charge on any atom is 0.259 e. The fourth-order valence-electron chi connectivity index (χ4n) is 2.55. The predicted molar refractivity (Wildman–Crippen MR) is 93.8 cm³/mol. The maximum absolute atomic E-state index is 5.32. The van der Waals surface area contributed by atoms with Gasteiger partial charge in [0, 0.05) is 19.2 Å². The van der Waals surface area contributed by atoms with Gasteiger partial charge in [0.05, 0.1) is 11.6 Å². The van der Waals surface area contributed by atoms with Crippen LogP contribution in [0, 0.1) is 5.92 Å². The molecule has 8 nitrogen and oxygen atoms in total. The van der Waals surface area contributed by atoms with Crippen molar-refractivity contribution in [2.75, 3.05) is 5.32 Å². The molecule has 0 saturated heterocycles. The van der Waals surface area contributed by atoms with Gasteiger partial charge in [-0.25, -0.2) is 4.98 Å². The largest absolute Gasteiger partial charge is 0.360 e. The molecular weight excluding hydrogens is 318 g/mol. The van der Waals surface area contributed by atoms with Crippen LogP contribution in [0.5, 0.6) is 0 Å². The molecule has 0 amide bonds. The van der Waals surface area contributed by atoms with Crippen LogP contribution in [0.15, 0.2) is 29.2 Å². The second kappa shape index (κ2) is 7.42. The summed E-state index contributed by atoms with van der Waals surface area (Å²) in [5.74, 6) is 3.34. The van der Waals surface area contributed by atoms with E-state index >= 15 is 0 Å². The Bertz CT molecular complexity index is 807. The number of aromatic nitrogens is 6. The number of nitrogens with zero attached hydrogens (tertiary/aromatic N) is 6. The van der Waals surface area contributed by atoms with E-state index in [1.54, 1.807) is 12.5 Å². The topological polar surface area (TPSA) is 94.6 Å². The standard InChI is InChI=1S/C17H23N7O/c1-5-24-10-19-22-16(24)12(4)20-14-7-6-13(9-18-14)17-21-15(23-25-17)8-11(2)3/h6-7,9-12H,5,8H2,1-4H3,(H,18,20)/t12-/m0/s1. The van der Waals surface area contributed by atoms with Crippen molar-refractivity contribution in [2.45, 2.75) is 46.7 Å². The minimum atomic E-state index is 0.00171. The molecule has 0 unspecified atom stereocenters. The SMILES string of the molecule is CCn1cnnc1[C@H](C)Nc1ccc(-c2nc(CC(C)C)no2)cn1. The third kappa shape index (κ3) is 4.01. The Morgan fingerprint density at radius 1 is 1.24 bits per heavy atom. The Morgan fingerprint density at radius 2 is 2.08 bits per heavy atom. The van der Waals surface area contributed by atoms with Gasteiger partial charge in [-0.3, -0.25) is 0 Å². The van der Waals surface area contributed by atoms with Gasteiger partial charge in [-0.1, -0.05) is 19.0 Å². The molecule has 3 rings (SSSR count). The molecule has 132 valence electrons. The van der Waals surface area contributed by atoms with Crippen LogP contribution in [0.1, 0.15) is 45.4 Å². The van der Waals surface area contributed by atoms with Crippen molar-refractivity contribution in [3.05, 3.63) is 36.3 Å². The van der Waals surface area contributed by atoms with Crippen LogP contribution in [0.3, 0.4) is 0 Å². The van der Waals surface area contributed by atoms with Gasteiger partial charge in [0.1, 0.15) is 12.1 Å². The fraction of sp³-hybridized carbons (Fsp3) is 0.471. The van der Waals surface area contributed by atoms with Crippen LogP contribution in [-0.4, -0.2) is 29.9 Å². The number of anilines is 1. The molecule has 0 aromatic carbocycles. The molecule has 0 spiro atoms. The molecule has 0 radical (unpaired) electrons. The molecule has 3 aromatic rings. The average Bonchev–Trinajstić information content (AvgIpc) is 3.24. The fourth-order valence-corrected chi connectivity index (χ4v) is 2.55. The van der Waals surface area contributed by atoms with Crippen molar-refractivity contribution < 1.29 is 4.52 Å². The highest BCUT2D eigenvalue weighted by Gasteiger charge is 2.14. The third-order valence-electron chi connectivity index (χ3n) is 3.81. The van der Waals surface area contributed by atoms with Gasteiger partial charge in [0.25, 0.3) is 5.89 Å². The first-order valence-electron chi connectivity index (χ1n) is 8.50. The number of hydrogen-bond donors (Lipinski definition) is 1. The quantitative estimate of drug-likeness (QED) is 0.705. The molecule has 1 N–H and O–H groups in total. The van der Waals surface area contributed by atoms with Gasteiger partial charge in [-0.05, 0) is 31.9 Å². The Hall–Kier alpha value is -2.77. The summed E-state index contributed by atoms with van der Waals surface area (Å²) in [6.07, 6.45) is 4.26. The lowest BCUT2D eigenvalue weighted by molar-refractivity contribution is 0.417. The van der Waals surface area contributed by atoms with Gasteiger partial charge in [-0.2, -0.15) is 4.98 Å². The highest BCUT2D eigenvalue weighted by Crippen LogP contribution is 2.21. The van der Waals surface area contributed by atoms with E-state index in [0.717, 1.165) is 36.0 Å². The monoisotopic (exact) mass is 341 g/mol. The van der Waals surface area contributed by atoms with E-state index in [0.29, 0.717) is 11.8 Å². The molecule has 1 atom stereocenters. The molecule has 25 heavy (non-hydrogen) atoms. The summed E-state index contributed by atoms with van der Waals surface area (Å²) in [6.45, 7) is 9.17. The maximum atomic E-state index is 5.32. The molecule has 3 heterocycles. The van der Waals surface area contributed by atoms with Crippen molar-refractivity contribution in [1.29, 1.82) is 0 Å². The molecule has 0 aliphatic rings. The van der Waals surface area contributed by atoms with Crippen LogP contribution in [0.25, 0.3) is 11.5 Å². The second-order valence-electron chi connectivity index (χ2n) is 6.39. The normalized spacial score (nSPS) is 12.5. The van der Waals surface area contributed by atoms with Crippen molar-refractivity contribution in [1.82, 2.24) is 29.9 Å². The van der Waals surface area contributed by atoms with E-state index in [1.807, 2.05) is 23.6 Å². The molecular formula is C17H23N7O. The number of aryl methyl sites for hydroxylation is 1. The molecule has 0 saturated carbocycles. The third-order valence-corrected chi connectivity index (χ3v) is 3.81. The Balaban J connectivity index is 1.69. The first-order valence-corrected chi connectivity index (χ1v) is 8.50. The van der Waals surface area contributed by atoms with E-state index in [9.17, 15) is 0 Å². The van der Waals surface area contributed by atoms with Crippen molar-refractivity contribution in [3.8, 4) is 11.5 Å². The lowest BCUT2D eigenvalue weighted by atomic mass is 10.1. The van der Waals surface area contributed by atoms with Crippen LogP contribution in [0.4, 0.5) is 5.82 Å². The van der Waals surface area contributed by atoms with Gasteiger partial charge in [-0.15, -0.1) is 10.2 Å². The van der Waals surface area contributed by atoms with Gasteiger partial charge in [0.2, 0.25) is 0 Å². The Labute approximate surface area is 146 Å². The summed E-state index contributed by atoms with van der Waals surface area (Å²) in [5.41, 5.74) is 0.803. The van der Waals surface area contributed by atoms with Crippen LogP contribution in [-0.2, 0) is 13.0 Å². The minimum Gasteiger partial charge on any atom is -0.360 e. The van der Waals surface area contributed by atoms with Crippen molar-refractivity contribution in [3.63, 3.8) is 0 Å². The Kier molecular flexibility index (Phi) is 5.06. The highest BCUT2D eigenvalue weighted by molar-refractivity contribution is 5.54. The van der Waals surface area contributed by atoms with Crippen LogP contribution >= 0.6 is 0 Å². The molecule has 0 bridgehead atoms. The number of nitrogens with one attached hydrogen (secondary N) is 1. The molecule has 0 aliphatic heterocycles. The molecule has 8 heteroatoms. The van der Waals surface area contributed by atoms with E-state index in [-0.39, 0.29) is 6.04 Å². The summed E-state index contributed by atoms with van der Waals surface area (Å²) in [7, 11) is 0. The average molecular weight is 341 g/mol. The summed E-state index contributed by atoms with van der Waals surface area (Å²) in [5, 5.41) is 15.5. The predicted octanol–water partition coefficient (Wildman–Crippen LogP) is 3.11. The van der Waals surface area contributed by atoms with Crippen LogP contribution in [0.2, 0.25) is 0 Å². The minimum absolute atomic E-state index is 0.00171. The number of rotatable bonds is 7. The molecule has 3 aromatic heterocycles. The van der Waals surface area contributed by atoms with Gasteiger partial charge >= 0.3 is 0 Å². The zero-order valence-electron chi connectivity index (χ0n) is 15.0.